The van der Waals surface area contributed by atoms with Gasteiger partial charge in [0.25, 0.3) is 0 Å². The minimum atomic E-state index is -4.55. The molecule has 1 atom stereocenters. The van der Waals surface area contributed by atoms with Crippen LogP contribution in [0.4, 0.5) is 18.0 Å². The average molecular weight is 476 g/mol. The lowest BCUT2D eigenvalue weighted by Crippen LogP contribution is -2.53. The summed E-state index contributed by atoms with van der Waals surface area (Å²) in [5.74, 6) is 0. The molecule has 0 spiro atoms. The average Bonchev–Trinajstić information content (AvgIpc) is 2.73. The number of hydrogen-bond donors (Lipinski definition) is 2. The fourth-order valence-electron chi connectivity index (χ4n) is 3.74. The van der Waals surface area contributed by atoms with E-state index in [1.54, 1.807) is 32.0 Å². The standard InChI is InChI=1S/C25H25ClF3N3O/c1-16(2)31-23(33)32-24(14-18-7-5-4-6-8-18,22-12-11-20(26)15-30-22)19-10-9-17(3)21(13-19)25(27,28)29/h4-13,15-16H,14H2,1-3H3,(H2,31,32,33)/t24-/m1/s1. The van der Waals surface area contributed by atoms with Crippen molar-refractivity contribution in [2.45, 2.75) is 44.9 Å². The summed E-state index contributed by atoms with van der Waals surface area (Å²) in [5, 5.41) is 6.08. The van der Waals surface area contributed by atoms with Gasteiger partial charge in [-0.3, -0.25) is 4.98 Å². The third-order valence-corrected chi connectivity index (χ3v) is 5.48. The molecule has 3 aromatic rings. The minimum absolute atomic E-state index is 0.0931. The number of amides is 2. The van der Waals surface area contributed by atoms with E-state index in [9.17, 15) is 18.0 Å². The maximum Gasteiger partial charge on any atom is 0.416 e. The predicted molar refractivity (Wildman–Crippen MR) is 123 cm³/mol. The van der Waals surface area contributed by atoms with E-state index in [0.717, 1.165) is 11.6 Å². The van der Waals surface area contributed by atoms with Gasteiger partial charge in [0, 0.05) is 18.7 Å². The van der Waals surface area contributed by atoms with Crippen LogP contribution in [0.25, 0.3) is 0 Å². The van der Waals surface area contributed by atoms with Gasteiger partial charge < -0.3 is 10.6 Å². The molecule has 174 valence electrons. The lowest BCUT2D eigenvalue weighted by Gasteiger charge is -2.36. The van der Waals surface area contributed by atoms with Crippen molar-refractivity contribution >= 4 is 17.6 Å². The Hall–Kier alpha value is -3.06. The maximum absolute atomic E-state index is 13.8. The monoisotopic (exact) mass is 475 g/mol. The lowest BCUT2D eigenvalue weighted by molar-refractivity contribution is -0.138. The largest absolute Gasteiger partial charge is 0.416 e. The SMILES string of the molecule is Cc1ccc([C@@](Cc2ccccc2)(NC(=O)NC(C)C)c2ccc(Cl)cn2)cc1C(F)(F)F. The second kappa shape index (κ2) is 9.83. The summed E-state index contributed by atoms with van der Waals surface area (Å²) in [4.78, 5) is 17.3. The Labute approximate surface area is 196 Å². The van der Waals surface area contributed by atoms with Crippen LogP contribution in [-0.4, -0.2) is 17.1 Å². The molecule has 0 aliphatic carbocycles. The van der Waals surface area contributed by atoms with Gasteiger partial charge in [-0.1, -0.05) is 54.1 Å². The van der Waals surface area contributed by atoms with Crippen LogP contribution in [0.15, 0.2) is 66.9 Å². The van der Waals surface area contributed by atoms with Crippen molar-refractivity contribution in [2.75, 3.05) is 0 Å². The molecule has 1 aromatic heterocycles. The molecule has 3 rings (SSSR count). The Morgan fingerprint density at radius 3 is 2.33 bits per heavy atom. The van der Waals surface area contributed by atoms with E-state index in [1.807, 2.05) is 30.3 Å². The van der Waals surface area contributed by atoms with Crippen LogP contribution in [0.1, 0.15) is 41.8 Å². The Bertz CT molecular complexity index is 1100. The number of rotatable bonds is 6. The minimum Gasteiger partial charge on any atom is -0.336 e. The zero-order valence-corrected chi connectivity index (χ0v) is 19.3. The third kappa shape index (κ3) is 5.85. The van der Waals surface area contributed by atoms with Crippen LogP contribution < -0.4 is 10.6 Å². The van der Waals surface area contributed by atoms with Gasteiger partial charge >= 0.3 is 12.2 Å². The number of aryl methyl sites for hydroxylation is 1. The first kappa shape index (κ1) is 24.6. The molecule has 1 heterocycles. The van der Waals surface area contributed by atoms with Crippen molar-refractivity contribution in [1.82, 2.24) is 15.6 Å². The van der Waals surface area contributed by atoms with Gasteiger partial charge in [-0.15, -0.1) is 0 Å². The maximum atomic E-state index is 13.8. The first-order valence-corrected chi connectivity index (χ1v) is 10.8. The molecule has 0 saturated heterocycles. The molecule has 33 heavy (non-hydrogen) atoms. The van der Waals surface area contributed by atoms with Crippen molar-refractivity contribution < 1.29 is 18.0 Å². The van der Waals surface area contributed by atoms with Gasteiger partial charge in [0.1, 0.15) is 5.54 Å². The van der Waals surface area contributed by atoms with E-state index in [0.29, 0.717) is 10.7 Å². The first-order chi connectivity index (χ1) is 15.5. The molecule has 0 radical (unpaired) electrons. The highest BCUT2D eigenvalue weighted by Gasteiger charge is 2.41. The molecule has 0 fully saturated rings. The number of nitrogens with zero attached hydrogens (tertiary/aromatic N) is 1. The molecular weight excluding hydrogens is 451 g/mol. The van der Waals surface area contributed by atoms with Crippen molar-refractivity contribution in [1.29, 1.82) is 0 Å². The normalized spacial score (nSPS) is 13.5. The number of aromatic nitrogens is 1. The fourth-order valence-corrected chi connectivity index (χ4v) is 3.85. The number of hydrogen-bond acceptors (Lipinski definition) is 2. The molecule has 2 aromatic carbocycles. The molecule has 8 heteroatoms. The fraction of sp³-hybridized carbons (Fsp3) is 0.280. The number of alkyl halides is 3. The number of benzene rings is 2. The Morgan fingerprint density at radius 1 is 1.06 bits per heavy atom. The van der Waals surface area contributed by atoms with Crippen LogP contribution in [0.3, 0.4) is 0 Å². The van der Waals surface area contributed by atoms with Crippen LogP contribution in [0.2, 0.25) is 5.02 Å². The smallest absolute Gasteiger partial charge is 0.336 e. The number of carbonyl (C=O) groups is 1. The molecule has 0 saturated carbocycles. The Morgan fingerprint density at radius 2 is 1.76 bits per heavy atom. The summed E-state index contributed by atoms with van der Waals surface area (Å²) in [7, 11) is 0. The van der Waals surface area contributed by atoms with E-state index < -0.39 is 23.3 Å². The Kier molecular flexibility index (Phi) is 7.32. The lowest BCUT2D eigenvalue weighted by atomic mass is 9.79. The quantitative estimate of drug-likeness (QED) is 0.442. The van der Waals surface area contributed by atoms with E-state index in [1.165, 1.54) is 19.2 Å². The van der Waals surface area contributed by atoms with Crippen LogP contribution in [0.5, 0.6) is 0 Å². The van der Waals surface area contributed by atoms with Crippen molar-refractivity contribution in [3.63, 3.8) is 0 Å². The molecular formula is C25H25ClF3N3O. The summed E-state index contributed by atoms with van der Waals surface area (Å²) in [6.07, 6.45) is -2.96. The van der Waals surface area contributed by atoms with Crippen LogP contribution >= 0.6 is 11.6 Å². The topological polar surface area (TPSA) is 54.0 Å². The molecule has 2 N–H and O–H groups in total. The van der Waals surface area contributed by atoms with Crippen molar-refractivity contribution in [3.05, 3.63) is 99.8 Å². The van der Waals surface area contributed by atoms with Gasteiger partial charge in [-0.2, -0.15) is 13.2 Å². The summed E-state index contributed by atoms with van der Waals surface area (Å²) in [6.45, 7) is 5.00. The summed E-state index contributed by atoms with van der Waals surface area (Å²) < 4.78 is 41.4. The van der Waals surface area contributed by atoms with Gasteiger partial charge in [0.05, 0.1) is 16.3 Å². The van der Waals surface area contributed by atoms with E-state index in [2.05, 4.69) is 15.6 Å². The zero-order chi connectivity index (χ0) is 24.2. The number of pyridine rings is 1. The van der Waals surface area contributed by atoms with E-state index in [-0.39, 0.29) is 23.6 Å². The summed E-state index contributed by atoms with van der Waals surface area (Å²) in [6, 6.07) is 15.8. The second-order valence-electron chi connectivity index (χ2n) is 8.21. The van der Waals surface area contributed by atoms with Gasteiger partial charge in [0.2, 0.25) is 0 Å². The van der Waals surface area contributed by atoms with Gasteiger partial charge in [-0.25, -0.2) is 4.79 Å². The summed E-state index contributed by atoms with van der Waals surface area (Å²) >= 11 is 6.04. The number of carbonyl (C=O) groups excluding carboxylic acids is 1. The number of nitrogens with one attached hydrogen (secondary N) is 2. The highest BCUT2D eigenvalue weighted by Crippen LogP contribution is 2.38. The van der Waals surface area contributed by atoms with Crippen molar-refractivity contribution in [2.24, 2.45) is 0 Å². The Balaban J connectivity index is 2.28. The van der Waals surface area contributed by atoms with Crippen molar-refractivity contribution in [3.8, 4) is 0 Å². The van der Waals surface area contributed by atoms with Gasteiger partial charge in [-0.05, 0) is 55.7 Å². The van der Waals surface area contributed by atoms with Gasteiger partial charge in [0.15, 0.2) is 0 Å². The molecule has 2 amide bonds. The van der Waals surface area contributed by atoms with E-state index in [4.69, 9.17) is 11.6 Å². The highest BCUT2D eigenvalue weighted by atomic mass is 35.5. The van der Waals surface area contributed by atoms with Crippen LogP contribution in [0, 0.1) is 6.92 Å². The zero-order valence-electron chi connectivity index (χ0n) is 18.5. The first-order valence-electron chi connectivity index (χ1n) is 10.4. The number of urea groups is 1. The predicted octanol–water partition coefficient (Wildman–Crippen LogP) is 6.26. The number of halogens is 4. The molecule has 0 bridgehead atoms. The van der Waals surface area contributed by atoms with Crippen LogP contribution in [-0.2, 0) is 18.1 Å². The molecule has 0 unspecified atom stereocenters. The third-order valence-electron chi connectivity index (χ3n) is 5.26. The second-order valence-corrected chi connectivity index (χ2v) is 8.65. The van der Waals surface area contributed by atoms with E-state index >= 15 is 0 Å². The summed E-state index contributed by atoms with van der Waals surface area (Å²) in [5.41, 5.74) is -0.621. The highest BCUT2D eigenvalue weighted by molar-refractivity contribution is 6.30. The molecule has 4 nitrogen and oxygen atoms in total. The molecule has 0 aliphatic heterocycles. The molecule has 0 aliphatic rings.